The smallest absolute Gasteiger partial charge is 0.246 e. The van der Waals surface area contributed by atoms with Gasteiger partial charge in [0.1, 0.15) is 30.5 Å². The van der Waals surface area contributed by atoms with Gasteiger partial charge in [0, 0.05) is 32.2 Å². The van der Waals surface area contributed by atoms with Gasteiger partial charge in [0.2, 0.25) is 35.4 Å². The number of primary amides is 1. The van der Waals surface area contributed by atoms with Gasteiger partial charge in [-0.3, -0.25) is 33.7 Å². The van der Waals surface area contributed by atoms with E-state index in [0.717, 1.165) is 68.9 Å². The molecule has 16 nitrogen and oxygen atoms in total. The molecule has 0 bridgehead atoms. The molecule has 6 amide bonds. The number of unbranched alkanes of at least 4 members (excludes halogenated alkanes) is 2. The fourth-order valence-electron chi connectivity index (χ4n) is 9.96. The number of nitrogens with zero attached hydrogens (tertiary/aromatic N) is 3. The number of amides is 6. The van der Waals surface area contributed by atoms with E-state index in [-0.39, 0.29) is 68.5 Å². The average Bonchev–Trinajstić information content (AvgIpc) is 4.04. The summed E-state index contributed by atoms with van der Waals surface area (Å²) < 4.78 is 6.26. The first-order valence-electron chi connectivity index (χ1n) is 24.9. The number of carbonyl (C=O) groups excluding carboxylic acids is 6. The number of carbonyl (C=O) groups is 6. The lowest BCUT2D eigenvalue weighted by atomic mass is 9.85. The van der Waals surface area contributed by atoms with Crippen molar-refractivity contribution in [2.24, 2.45) is 16.9 Å². The number of benzene rings is 3. The number of aryl methyl sites for hydroxylation is 4. The lowest BCUT2D eigenvalue weighted by Gasteiger charge is -2.35. The van der Waals surface area contributed by atoms with E-state index >= 15 is 0 Å². The molecule has 380 valence electrons. The number of aliphatic hydroxyl groups excluding tert-OH is 1. The van der Waals surface area contributed by atoms with E-state index in [0.29, 0.717) is 31.4 Å². The first-order valence-corrected chi connectivity index (χ1v) is 25.8. The molecule has 3 aliphatic rings. The van der Waals surface area contributed by atoms with Gasteiger partial charge in [0.05, 0.1) is 46.0 Å². The van der Waals surface area contributed by atoms with Gasteiger partial charge in [0.15, 0.2) is 0 Å². The fraction of sp³-hybridized carbons (Fsp3) is 0.500. The van der Waals surface area contributed by atoms with Crippen molar-refractivity contribution in [1.82, 2.24) is 25.8 Å². The summed E-state index contributed by atoms with van der Waals surface area (Å²) in [5.41, 5.74) is 20.5. The highest BCUT2D eigenvalue weighted by molar-refractivity contribution is 7.13. The Morgan fingerprint density at radius 1 is 0.930 bits per heavy atom. The van der Waals surface area contributed by atoms with Crippen LogP contribution in [0.4, 0.5) is 5.69 Å². The molecule has 0 saturated carbocycles. The van der Waals surface area contributed by atoms with Crippen molar-refractivity contribution in [3.63, 3.8) is 0 Å². The highest BCUT2D eigenvalue weighted by atomic mass is 32.1. The molecule has 3 aliphatic heterocycles. The minimum atomic E-state index is -0.921. The number of rotatable bonds is 20. The maximum absolute atomic E-state index is 14.2. The molecular formula is C54H70N8O8S. The van der Waals surface area contributed by atoms with Gasteiger partial charge < -0.3 is 42.2 Å². The molecule has 1 unspecified atom stereocenters. The van der Waals surface area contributed by atoms with Gasteiger partial charge in [-0.2, -0.15) is 0 Å². The van der Waals surface area contributed by atoms with E-state index in [1.54, 1.807) is 16.2 Å². The van der Waals surface area contributed by atoms with E-state index in [4.69, 9.17) is 16.2 Å². The Kier molecular flexibility index (Phi) is 17.0. The lowest BCUT2D eigenvalue weighted by Crippen LogP contribution is -2.57. The Labute approximate surface area is 420 Å². The summed E-state index contributed by atoms with van der Waals surface area (Å²) in [7, 11) is 0. The minimum Gasteiger partial charge on any atom is -0.491 e. The molecule has 8 N–H and O–H groups in total. The monoisotopic (exact) mass is 991 g/mol. The van der Waals surface area contributed by atoms with E-state index in [2.05, 4.69) is 27.0 Å². The van der Waals surface area contributed by atoms with Gasteiger partial charge in [-0.1, -0.05) is 75.7 Å². The van der Waals surface area contributed by atoms with Gasteiger partial charge in [-0.05, 0) is 110 Å². The van der Waals surface area contributed by atoms with Crippen LogP contribution in [0.1, 0.15) is 119 Å². The zero-order valence-electron chi connectivity index (χ0n) is 41.8. The number of thiazole rings is 1. The average molecular weight is 991 g/mol. The summed E-state index contributed by atoms with van der Waals surface area (Å²) in [6.45, 7) is 11.5. The van der Waals surface area contributed by atoms with Crippen LogP contribution < -0.4 is 37.1 Å². The molecule has 4 heterocycles. The van der Waals surface area contributed by atoms with E-state index < -0.39 is 53.5 Å². The van der Waals surface area contributed by atoms with Gasteiger partial charge in [0.25, 0.3) is 0 Å². The largest absolute Gasteiger partial charge is 0.491 e. The number of likely N-dealkylation sites (tertiary alicyclic amines) is 1. The molecule has 0 spiro atoms. The zero-order chi connectivity index (χ0) is 51.1. The number of nitrogens with one attached hydrogen (secondary N) is 3. The summed E-state index contributed by atoms with van der Waals surface area (Å²) in [6, 6.07) is 15.5. The van der Waals surface area contributed by atoms with Crippen LogP contribution >= 0.6 is 11.3 Å². The van der Waals surface area contributed by atoms with Crippen molar-refractivity contribution < 1.29 is 38.6 Å². The summed E-state index contributed by atoms with van der Waals surface area (Å²) in [5.74, 6) is -1.56. The highest BCUT2D eigenvalue weighted by Gasteiger charge is 2.45. The topological polar surface area (TPSA) is 239 Å². The number of aliphatic hydroxyl groups is 1. The number of nitrogens with two attached hydrogens (primary N) is 2. The second-order valence-corrected chi connectivity index (χ2v) is 21.5. The van der Waals surface area contributed by atoms with Crippen LogP contribution in [0, 0.1) is 19.3 Å². The van der Waals surface area contributed by atoms with Crippen molar-refractivity contribution in [1.29, 1.82) is 0 Å². The molecule has 0 aliphatic carbocycles. The normalized spacial score (nSPS) is 19.9. The predicted molar refractivity (Wildman–Crippen MR) is 273 cm³/mol. The van der Waals surface area contributed by atoms with E-state index in [1.807, 2.05) is 102 Å². The molecular weight excluding hydrogens is 921 g/mol. The van der Waals surface area contributed by atoms with Crippen LogP contribution in [0.25, 0.3) is 10.4 Å². The number of anilines is 1. The van der Waals surface area contributed by atoms with Gasteiger partial charge >= 0.3 is 0 Å². The second-order valence-electron chi connectivity index (χ2n) is 20.6. The van der Waals surface area contributed by atoms with Gasteiger partial charge in [-0.25, -0.2) is 4.98 Å². The Bertz CT molecular complexity index is 2590. The third-order valence-corrected chi connectivity index (χ3v) is 14.8. The molecule has 0 radical (unpaired) electrons. The van der Waals surface area contributed by atoms with Crippen molar-refractivity contribution >= 4 is 52.5 Å². The van der Waals surface area contributed by atoms with Gasteiger partial charge in [-0.15, -0.1) is 11.3 Å². The van der Waals surface area contributed by atoms with Crippen molar-refractivity contribution in [3.05, 3.63) is 99.7 Å². The third-order valence-electron chi connectivity index (χ3n) is 13.8. The Morgan fingerprint density at radius 3 is 2.37 bits per heavy atom. The molecule has 7 atom stereocenters. The summed E-state index contributed by atoms with van der Waals surface area (Å²) in [6.07, 6.45) is 4.06. The van der Waals surface area contributed by atoms with E-state index in [9.17, 15) is 33.9 Å². The maximum atomic E-state index is 14.2. The zero-order valence-corrected chi connectivity index (χ0v) is 42.6. The number of hydrogen-bond donors (Lipinski definition) is 6. The van der Waals surface area contributed by atoms with E-state index in [1.165, 1.54) is 4.90 Å². The number of para-hydroxylation sites is 1. The number of ether oxygens (including phenoxy) is 1. The fourth-order valence-corrected chi connectivity index (χ4v) is 10.8. The molecule has 17 heteroatoms. The summed E-state index contributed by atoms with van der Waals surface area (Å²) >= 11 is 1.57. The van der Waals surface area contributed by atoms with Crippen LogP contribution in [0.3, 0.4) is 0 Å². The van der Waals surface area contributed by atoms with Crippen LogP contribution in [0.15, 0.2) is 66.2 Å². The first kappa shape index (κ1) is 52.6. The lowest BCUT2D eigenvalue weighted by molar-refractivity contribution is -0.144. The van der Waals surface area contributed by atoms with Crippen molar-refractivity contribution in [2.45, 2.75) is 155 Å². The van der Waals surface area contributed by atoms with Crippen molar-refractivity contribution in [3.8, 4) is 16.2 Å². The second kappa shape index (κ2) is 22.9. The predicted octanol–water partition coefficient (Wildman–Crippen LogP) is 5.26. The Hall–Kier alpha value is -6.17. The first-order chi connectivity index (χ1) is 33.8. The van der Waals surface area contributed by atoms with Crippen LogP contribution in [0.5, 0.6) is 5.75 Å². The molecule has 1 fully saturated rings. The third kappa shape index (κ3) is 13.0. The minimum absolute atomic E-state index is 0.0104. The number of aromatic nitrogens is 1. The van der Waals surface area contributed by atoms with Crippen molar-refractivity contribution in [2.75, 3.05) is 18.1 Å². The molecule has 1 aromatic heterocycles. The summed E-state index contributed by atoms with van der Waals surface area (Å²) in [4.78, 5) is 89.0. The molecule has 4 aromatic rings. The quantitative estimate of drug-likeness (QED) is 0.0628. The standard InChI is InChI=1S/C54H70N8O8S/c1-31-23-34(25-41(24-31)70-29-39(20-22-45(56)64)59-51(67)44-26-38-13-10-12-36-19-21-42(55)52(68)62(44)47(36)38)11-8-7-9-14-46(65)60-49(54(4,5)6)53(69)61-28-40(63)27-43(61)50(66)58-32(2)35-15-17-37(18-16-35)48-33(3)57-30-71-48/h10,12-13,15-18,23-25,30,32,39-40,42-44,49,63H,7-9,11,14,19-22,26-29,55H2,1-6H3,(H2,56,64)(H,58,66)(H,59,67)(H,60,65)/t32-,39-,40+,42-,43?,44-,49+/m0/s1. The maximum Gasteiger partial charge on any atom is 0.246 e. The number of β-amino-alcohol motifs (C(OH)–C–C–N with tert-alkyl or cyclic N) is 1. The summed E-state index contributed by atoms with van der Waals surface area (Å²) in [5, 5.41) is 19.8. The molecule has 3 aromatic carbocycles. The molecule has 1 saturated heterocycles. The van der Waals surface area contributed by atoms with Crippen LogP contribution in [-0.2, 0) is 48.0 Å². The molecule has 7 rings (SSSR count). The highest BCUT2D eigenvalue weighted by Crippen LogP contribution is 2.39. The molecule has 71 heavy (non-hydrogen) atoms. The van der Waals surface area contributed by atoms with Crippen LogP contribution in [-0.4, -0.2) is 99.9 Å². The number of hydrogen-bond acceptors (Lipinski definition) is 11. The SMILES string of the molecule is Cc1cc(CCCCCC(=O)N[C@H](C(=O)N2C[C@H](O)CC2C(=O)N[C@@H](C)c2ccc(-c3scnc3C)cc2)C(C)(C)C)cc(OC[C@H](CCC(N)=O)NC(=O)[C@@H]2Cc3cccc4c3N2C(=O)[C@@H](N)CC4)c1. The Morgan fingerprint density at radius 2 is 1.66 bits per heavy atom. The van der Waals surface area contributed by atoms with Crippen LogP contribution in [0.2, 0.25) is 0 Å². The Balaban J connectivity index is 0.886.